The van der Waals surface area contributed by atoms with Crippen molar-refractivity contribution in [2.45, 2.75) is 36.2 Å². The Bertz CT molecular complexity index is 965. The summed E-state index contributed by atoms with van der Waals surface area (Å²) in [5.74, 6) is 0.599. The van der Waals surface area contributed by atoms with E-state index >= 15 is 0 Å². The highest BCUT2D eigenvalue weighted by Gasteiger charge is 2.25. The van der Waals surface area contributed by atoms with Gasteiger partial charge in [-0.1, -0.05) is 35.4 Å². The highest BCUT2D eigenvalue weighted by atomic mass is 32.2. The lowest BCUT2D eigenvalue weighted by Gasteiger charge is -2.17. The zero-order chi connectivity index (χ0) is 20.8. The summed E-state index contributed by atoms with van der Waals surface area (Å²) in [5, 5.41) is 0. The molecule has 6 nitrogen and oxygen atoms in total. The molecule has 0 amide bonds. The minimum atomic E-state index is -4.03. The standard InChI is InChI=1S/C19H24O6S3/c1-15-4-8-18(9-5-15)27(20,21)24-14-17(12-13-26-3)25-28(22,23)19-10-6-16(2)7-11-19/h4-11,17H,12-14H2,1-3H3. The third-order valence-electron chi connectivity index (χ3n) is 3.94. The van der Waals surface area contributed by atoms with Gasteiger partial charge in [0.15, 0.2) is 0 Å². The van der Waals surface area contributed by atoms with Crippen molar-refractivity contribution in [2.24, 2.45) is 0 Å². The highest BCUT2D eigenvalue weighted by Crippen LogP contribution is 2.20. The van der Waals surface area contributed by atoms with Gasteiger partial charge in [-0.05, 0) is 56.5 Å². The summed E-state index contributed by atoms with van der Waals surface area (Å²) in [4.78, 5) is 0.0387. The SMILES string of the molecule is CSCCC(COS(=O)(=O)c1ccc(C)cc1)OS(=O)(=O)c1ccc(C)cc1. The smallest absolute Gasteiger partial charge is 0.264 e. The third-order valence-corrected chi connectivity index (χ3v) is 7.25. The maximum absolute atomic E-state index is 12.5. The van der Waals surface area contributed by atoms with Gasteiger partial charge in [0.1, 0.15) is 6.10 Å². The van der Waals surface area contributed by atoms with E-state index in [2.05, 4.69) is 0 Å². The van der Waals surface area contributed by atoms with Gasteiger partial charge in [0.25, 0.3) is 20.2 Å². The van der Waals surface area contributed by atoms with Crippen LogP contribution in [0.3, 0.4) is 0 Å². The van der Waals surface area contributed by atoms with E-state index in [1.54, 1.807) is 24.3 Å². The van der Waals surface area contributed by atoms with Crippen LogP contribution in [0.5, 0.6) is 0 Å². The van der Waals surface area contributed by atoms with Crippen LogP contribution in [0.1, 0.15) is 17.5 Å². The average molecular weight is 445 g/mol. The molecule has 0 bridgehead atoms. The van der Waals surface area contributed by atoms with Gasteiger partial charge in [-0.25, -0.2) is 0 Å². The Morgan fingerprint density at radius 1 is 0.821 bits per heavy atom. The Morgan fingerprint density at radius 2 is 1.29 bits per heavy atom. The second kappa shape index (κ2) is 9.89. The lowest BCUT2D eigenvalue weighted by molar-refractivity contribution is 0.135. The number of rotatable bonds is 10. The summed E-state index contributed by atoms with van der Waals surface area (Å²) in [6.45, 7) is 3.31. The maximum atomic E-state index is 12.5. The van der Waals surface area contributed by atoms with Gasteiger partial charge < -0.3 is 0 Å². The van der Waals surface area contributed by atoms with Gasteiger partial charge in [0, 0.05) is 0 Å². The number of benzene rings is 2. The van der Waals surface area contributed by atoms with Crippen LogP contribution in [0.4, 0.5) is 0 Å². The molecule has 0 aliphatic carbocycles. The first-order valence-electron chi connectivity index (χ1n) is 8.59. The van der Waals surface area contributed by atoms with E-state index in [1.807, 2.05) is 20.1 Å². The van der Waals surface area contributed by atoms with Crippen LogP contribution in [0.2, 0.25) is 0 Å². The fraction of sp³-hybridized carbons (Fsp3) is 0.368. The molecule has 0 N–H and O–H groups in total. The fourth-order valence-corrected chi connectivity index (χ4v) is 4.81. The molecule has 2 aromatic carbocycles. The minimum Gasteiger partial charge on any atom is -0.264 e. The molecule has 1 atom stereocenters. The summed E-state index contributed by atoms with van der Waals surface area (Å²) in [6.07, 6.45) is 1.28. The van der Waals surface area contributed by atoms with Crippen LogP contribution in [0, 0.1) is 13.8 Å². The highest BCUT2D eigenvalue weighted by molar-refractivity contribution is 7.98. The Hall–Kier alpha value is -1.39. The number of hydrogen-bond acceptors (Lipinski definition) is 7. The molecule has 0 heterocycles. The molecule has 0 saturated heterocycles. The molecular weight excluding hydrogens is 420 g/mol. The summed E-state index contributed by atoms with van der Waals surface area (Å²) in [6, 6.07) is 12.5. The van der Waals surface area contributed by atoms with Crippen molar-refractivity contribution in [1.29, 1.82) is 0 Å². The third kappa shape index (κ3) is 6.59. The lowest BCUT2D eigenvalue weighted by Crippen LogP contribution is -2.26. The molecular formula is C19H24O6S3. The lowest BCUT2D eigenvalue weighted by atomic mass is 10.2. The average Bonchev–Trinajstić information content (AvgIpc) is 2.64. The monoisotopic (exact) mass is 444 g/mol. The van der Waals surface area contributed by atoms with Crippen molar-refractivity contribution >= 4 is 32.0 Å². The van der Waals surface area contributed by atoms with Crippen LogP contribution < -0.4 is 0 Å². The van der Waals surface area contributed by atoms with Crippen LogP contribution in [-0.4, -0.2) is 41.6 Å². The molecule has 0 fully saturated rings. The topological polar surface area (TPSA) is 86.7 Å². The van der Waals surface area contributed by atoms with Crippen LogP contribution in [0.15, 0.2) is 58.3 Å². The van der Waals surface area contributed by atoms with E-state index in [-0.39, 0.29) is 16.4 Å². The largest absolute Gasteiger partial charge is 0.297 e. The van der Waals surface area contributed by atoms with E-state index in [4.69, 9.17) is 8.37 Å². The molecule has 28 heavy (non-hydrogen) atoms. The van der Waals surface area contributed by atoms with Gasteiger partial charge in [0.05, 0.1) is 16.4 Å². The van der Waals surface area contributed by atoms with Crippen molar-refractivity contribution in [3.05, 3.63) is 59.7 Å². The number of aryl methyl sites for hydroxylation is 2. The second-order valence-corrected chi connectivity index (χ2v) is 10.5. The van der Waals surface area contributed by atoms with Crippen molar-refractivity contribution in [2.75, 3.05) is 18.6 Å². The Kier molecular flexibility index (Phi) is 8.08. The van der Waals surface area contributed by atoms with E-state index in [1.165, 1.54) is 36.0 Å². The van der Waals surface area contributed by atoms with Gasteiger partial charge >= 0.3 is 0 Å². The first-order valence-corrected chi connectivity index (χ1v) is 12.8. The fourth-order valence-electron chi connectivity index (χ4n) is 2.29. The van der Waals surface area contributed by atoms with Gasteiger partial charge in [-0.2, -0.15) is 28.6 Å². The molecule has 154 valence electrons. The van der Waals surface area contributed by atoms with E-state index < -0.39 is 26.3 Å². The summed E-state index contributed by atoms with van der Waals surface area (Å²) < 4.78 is 60.1. The van der Waals surface area contributed by atoms with E-state index in [9.17, 15) is 16.8 Å². The molecule has 0 aliphatic rings. The summed E-state index contributed by atoms with van der Waals surface area (Å²) in [5.41, 5.74) is 1.84. The quantitative estimate of drug-likeness (QED) is 0.518. The number of hydrogen-bond donors (Lipinski definition) is 0. The predicted octanol–water partition coefficient (Wildman–Crippen LogP) is 3.54. The summed E-state index contributed by atoms with van der Waals surface area (Å²) in [7, 11) is -8.03. The molecule has 2 rings (SSSR count). The molecule has 0 aromatic heterocycles. The van der Waals surface area contributed by atoms with Gasteiger partial charge in [-0.15, -0.1) is 0 Å². The van der Waals surface area contributed by atoms with Gasteiger partial charge in [0.2, 0.25) is 0 Å². The predicted molar refractivity (Wildman–Crippen MR) is 111 cm³/mol. The Labute approximate surface area is 171 Å². The van der Waals surface area contributed by atoms with Crippen molar-refractivity contribution in [3.8, 4) is 0 Å². The molecule has 0 radical (unpaired) electrons. The Morgan fingerprint density at radius 3 is 1.75 bits per heavy atom. The molecule has 0 spiro atoms. The Balaban J connectivity index is 2.12. The molecule has 2 aromatic rings. The number of thioether (sulfide) groups is 1. The van der Waals surface area contributed by atoms with E-state index in [0.717, 1.165) is 11.1 Å². The molecule has 1 unspecified atom stereocenters. The van der Waals surface area contributed by atoms with E-state index in [0.29, 0.717) is 12.2 Å². The first kappa shape index (κ1) is 22.9. The zero-order valence-corrected chi connectivity index (χ0v) is 18.4. The van der Waals surface area contributed by atoms with Crippen molar-refractivity contribution < 1.29 is 25.2 Å². The summed E-state index contributed by atoms with van der Waals surface area (Å²) >= 11 is 1.51. The van der Waals surface area contributed by atoms with Crippen LogP contribution in [-0.2, 0) is 28.6 Å². The first-order chi connectivity index (χ1) is 13.1. The maximum Gasteiger partial charge on any atom is 0.297 e. The minimum absolute atomic E-state index is 0.0168. The molecule has 9 heteroatoms. The van der Waals surface area contributed by atoms with Crippen molar-refractivity contribution in [1.82, 2.24) is 0 Å². The normalized spacial score (nSPS) is 13.4. The molecule has 0 aliphatic heterocycles. The zero-order valence-electron chi connectivity index (χ0n) is 16.0. The van der Waals surface area contributed by atoms with Crippen LogP contribution in [0.25, 0.3) is 0 Å². The molecule has 0 saturated carbocycles. The van der Waals surface area contributed by atoms with Crippen LogP contribution >= 0.6 is 11.8 Å². The van der Waals surface area contributed by atoms with Crippen molar-refractivity contribution in [3.63, 3.8) is 0 Å². The van der Waals surface area contributed by atoms with Gasteiger partial charge in [-0.3, -0.25) is 8.37 Å². The second-order valence-electron chi connectivity index (χ2n) is 6.32.